The van der Waals surface area contributed by atoms with Crippen molar-refractivity contribution in [2.24, 2.45) is 0 Å². The molecule has 0 saturated heterocycles. The maximum absolute atomic E-state index is 4.03. The van der Waals surface area contributed by atoms with E-state index in [1.165, 1.54) is 22.4 Å². The Morgan fingerprint density at radius 2 is 1.87 bits per heavy atom. The van der Waals surface area contributed by atoms with Crippen LogP contribution < -0.4 is 5.32 Å². The molecule has 0 bridgehead atoms. The number of benzene rings is 1. The van der Waals surface area contributed by atoms with E-state index in [0.717, 1.165) is 13.0 Å². The molecule has 1 N–H and O–H groups in total. The number of pyridine rings is 1. The van der Waals surface area contributed by atoms with Gasteiger partial charge in [0.15, 0.2) is 0 Å². The first-order valence-corrected chi connectivity index (χ1v) is 5.21. The molecular weight excluding hydrogens is 184 g/mol. The van der Waals surface area contributed by atoms with Gasteiger partial charge in [-0.25, -0.2) is 0 Å². The molecule has 1 aromatic heterocycles. The second-order valence-electron chi connectivity index (χ2n) is 3.78. The monoisotopic (exact) mass is 196 g/mol. The molecule has 3 rings (SSSR count). The summed E-state index contributed by atoms with van der Waals surface area (Å²) in [5.41, 5.74) is 5.18. The first-order valence-electron chi connectivity index (χ1n) is 5.21. The summed E-state index contributed by atoms with van der Waals surface area (Å²) in [4.78, 5) is 4.03. The summed E-state index contributed by atoms with van der Waals surface area (Å²) in [6.45, 7) is 1.06. The zero-order valence-corrected chi connectivity index (χ0v) is 8.40. The van der Waals surface area contributed by atoms with Crippen molar-refractivity contribution in [3.63, 3.8) is 0 Å². The van der Waals surface area contributed by atoms with Crippen molar-refractivity contribution in [1.29, 1.82) is 0 Å². The van der Waals surface area contributed by atoms with E-state index < -0.39 is 0 Å². The quantitative estimate of drug-likeness (QED) is 0.758. The molecule has 0 unspecified atom stereocenters. The summed E-state index contributed by atoms with van der Waals surface area (Å²) in [6.07, 6.45) is 4.80. The van der Waals surface area contributed by atoms with Crippen molar-refractivity contribution in [2.45, 2.75) is 6.42 Å². The average Bonchev–Trinajstić information content (AvgIpc) is 2.77. The number of rotatable bonds is 1. The molecule has 1 aromatic carbocycles. The van der Waals surface area contributed by atoms with Crippen molar-refractivity contribution in [2.75, 3.05) is 11.9 Å². The molecule has 0 saturated carbocycles. The van der Waals surface area contributed by atoms with Crippen molar-refractivity contribution >= 4 is 5.69 Å². The molecule has 74 valence electrons. The van der Waals surface area contributed by atoms with Crippen molar-refractivity contribution in [3.8, 4) is 11.1 Å². The van der Waals surface area contributed by atoms with Gasteiger partial charge in [-0.05, 0) is 41.3 Å². The number of nitrogens with zero attached hydrogens (tertiary/aromatic N) is 1. The Morgan fingerprint density at radius 3 is 2.73 bits per heavy atom. The van der Waals surface area contributed by atoms with E-state index in [-0.39, 0.29) is 0 Å². The van der Waals surface area contributed by atoms with E-state index in [1.54, 1.807) is 0 Å². The van der Waals surface area contributed by atoms with Crippen LogP contribution in [0.4, 0.5) is 5.69 Å². The van der Waals surface area contributed by atoms with Gasteiger partial charge in [-0.2, -0.15) is 0 Å². The van der Waals surface area contributed by atoms with Gasteiger partial charge in [-0.1, -0.05) is 12.1 Å². The zero-order valence-electron chi connectivity index (χ0n) is 8.40. The molecule has 0 fully saturated rings. The first kappa shape index (κ1) is 8.48. The van der Waals surface area contributed by atoms with E-state index in [9.17, 15) is 0 Å². The highest BCUT2D eigenvalue weighted by Crippen LogP contribution is 2.28. The Balaban J connectivity index is 2.07. The molecule has 2 nitrogen and oxygen atoms in total. The molecule has 2 heterocycles. The summed E-state index contributed by atoms with van der Waals surface area (Å²) in [5.74, 6) is 0. The molecule has 0 spiro atoms. The lowest BCUT2D eigenvalue weighted by Crippen LogP contribution is -1.91. The molecule has 1 aliphatic heterocycles. The van der Waals surface area contributed by atoms with Gasteiger partial charge in [0, 0.05) is 24.6 Å². The van der Waals surface area contributed by atoms with E-state index in [4.69, 9.17) is 0 Å². The fraction of sp³-hybridized carbons (Fsp3) is 0.154. The Bertz CT molecular complexity index is 477. The molecule has 15 heavy (non-hydrogen) atoms. The van der Waals surface area contributed by atoms with Crippen LogP contribution in [0.25, 0.3) is 11.1 Å². The number of hydrogen-bond acceptors (Lipinski definition) is 2. The molecule has 0 aliphatic carbocycles. The topological polar surface area (TPSA) is 24.9 Å². The van der Waals surface area contributed by atoms with Gasteiger partial charge >= 0.3 is 0 Å². The lowest BCUT2D eigenvalue weighted by Gasteiger charge is -2.04. The lowest BCUT2D eigenvalue weighted by atomic mass is 10.0. The third-order valence-electron chi connectivity index (χ3n) is 2.83. The fourth-order valence-electron chi connectivity index (χ4n) is 2.01. The smallest absolute Gasteiger partial charge is 0.0379 e. The summed E-state index contributed by atoms with van der Waals surface area (Å²) in [5, 5.41) is 3.39. The minimum Gasteiger partial charge on any atom is -0.384 e. The van der Waals surface area contributed by atoms with Gasteiger partial charge in [0.2, 0.25) is 0 Å². The Hall–Kier alpha value is -1.83. The van der Waals surface area contributed by atoms with Crippen LogP contribution in [0.1, 0.15) is 5.56 Å². The van der Waals surface area contributed by atoms with Crippen molar-refractivity contribution < 1.29 is 0 Å². The average molecular weight is 196 g/mol. The normalized spacial score (nSPS) is 13.3. The fourth-order valence-corrected chi connectivity index (χ4v) is 2.01. The van der Waals surface area contributed by atoms with Crippen LogP contribution in [-0.2, 0) is 6.42 Å². The number of aromatic nitrogens is 1. The van der Waals surface area contributed by atoms with Gasteiger partial charge in [0.1, 0.15) is 0 Å². The highest BCUT2D eigenvalue weighted by molar-refractivity contribution is 5.70. The van der Waals surface area contributed by atoms with Gasteiger partial charge in [-0.3, -0.25) is 4.98 Å². The molecule has 0 atom stereocenters. The van der Waals surface area contributed by atoms with Gasteiger partial charge < -0.3 is 5.32 Å². The minimum absolute atomic E-state index is 1.06. The van der Waals surface area contributed by atoms with Gasteiger partial charge in [0.05, 0.1) is 0 Å². The summed E-state index contributed by atoms with van der Waals surface area (Å²) < 4.78 is 0. The van der Waals surface area contributed by atoms with Crippen LogP contribution in [0.15, 0.2) is 42.7 Å². The molecule has 1 aliphatic rings. The predicted molar refractivity (Wildman–Crippen MR) is 61.9 cm³/mol. The van der Waals surface area contributed by atoms with Crippen LogP contribution in [-0.4, -0.2) is 11.5 Å². The third kappa shape index (κ3) is 1.48. The minimum atomic E-state index is 1.06. The molecule has 0 radical (unpaired) electrons. The van der Waals surface area contributed by atoms with Crippen LogP contribution in [0.2, 0.25) is 0 Å². The first-order chi connectivity index (χ1) is 7.43. The second kappa shape index (κ2) is 3.39. The molecule has 2 heteroatoms. The third-order valence-corrected chi connectivity index (χ3v) is 2.83. The van der Waals surface area contributed by atoms with Crippen molar-refractivity contribution in [3.05, 3.63) is 48.3 Å². The largest absolute Gasteiger partial charge is 0.384 e. The molecule has 2 aromatic rings. The second-order valence-corrected chi connectivity index (χ2v) is 3.78. The lowest BCUT2D eigenvalue weighted by molar-refractivity contribution is 1.11. The molecule has 0 amide bonds. The van der Waals surface area contributed by atoms with Crippen LogP contribution in [0, 0.1) is 0 Å². The number of nitrogens with one attached hydrogen (secondary N) is 1. The van der Waals surface area contributed by atoms with E-state index in [1.807, 2.05) is 24.5 Å². The summed E-state index contributed by atoms with van der Waals surface area (Å²) >= 11 is 0. The highest BCUT2D eigenvalue weighted by atomic mass is 14.9. The maximum atomic E-state index is 4.03. The zero-order chi connectivity index (χ0) is 10.1. The van der Waals surface area contributed by atoms with Gasteiger partial charge in [0.25, 0.3) is 0 Å². The van der Waals surface area contributed by atoms with Gasteiger partial charge in [-0.15, -0.1) is 0 Å². The van der Waals surface area contributed by atoms with Crippen LogP contribution in [0.5, 0.6) is 0 Å². The number of fused-ring (bicyclic) bond motifs is 1. The van der Waals surface area contributed by atoms with Crippen LogP contribution >= 0.6 is 0 Å². The number of hydrogen-bond donors (Lipinski definition) is 1. The van der Waals surface area contributed by atoms with Crippen molar-refractivity contribution in [1.82, 2.24) is 4.98 Å². The van der Waals surface area contributed by atoms with Crippen LogP contribution in [0.3, 0.4) is 0 Å². The SMILES string of the molecule is c1cc(-c2ccc3c(c2)NCC3)ccn1. The standard InChI is InChI=1S/C13H12N2/c1-2-12(10-3-6-14-7-4-10)9-13-11(1)5-8-15-13/h1-4,6-7,9,15H,5,8H2. The van der Waals surface area contributed by atoms with E-state index in [0.29, 0.717) is 0 Å². The molecular formula is C13H12N2. The Labute approximate surface area is 89.0 Å². The Morgan fingerprint density at radius 1 is 1.00 bits per heavy atom. The maximum Gasteiger partial charge on any atom is 0.0379 e. The Kier molecular flexibility index (Phi) is 1.91. The van der Waals surface area contributed by atoms with E-state index in [2.05, 4.69) is 28.5 Å². The summed E-state index contributed by atoms with van der Waals surface area (Å²) in [6, 6.07) is 10.7. The predicted octanol–water partition coefficient (Wildman–Crippen LogP) is 2.72. The van der Waals surface area contributed by atoms with E-state index >= 15 is 0 Å². The summed E-state index contributed by atoms with van der Waals surface area (Å²) in [7, 11) is 0. The highest BCUT2D eigenvalue weighted by Gasteiger charge is 2.10. The number of anilines is 1.